The maximum Gasteiger partial charge on any atom is 0.387 e. The maximum atomic E-state index is 13.0. The summed E-state index contributed by atoms with van der Waals surface area (Å²) in [7, 11) is 3.17. The number of nitrogens with zero attached hydrogens (tertiary/aromatic N) is 3. The normalized spacial score (nSPS) is 15.2. The average molecular weight is 451 g/mol. The topological polar surface area (TPSA) is 75.5 Å². The summed E-state index contributed by atoms with van der Waals surface area (Å²) in [5.41, 5.74) is 0.706. The van der Waals surface area contributed by atoms with E-state index in [0.29, 0.717) is 38.3 Å². The van der Waals surface area contributed by atoms with Gasteiger partial charge in [-0.15, -0.1) is 0 Å². The average Bonchev–Trinajstić information content (AvgIpc) is 3.32. The number of ether oxygens (including phenoxy) is 2. The van der Waals surface area contributed by atoms with E-state index in [1.807, 2.05) is 4.90 Å². The highest BCUT2D eigenvalue weighted by Gasteiger charge is 2.29. The van der Waals surface area contributed by atoms with Crippen molar-refractivity contribution in [3.8, 4) is 11.5 Å². The smallest absolute Gasteiger partial charge is 0.387 e. The predicted octanol–water partition coefficient (Wildman–Crippen LogP) is 2.69. The highest BCUT2D eigenvalue weighted by Crippen LogP contribution is 2.30. The van der Waals surface area contributed by atoms with Crippen LogP contribution in [0.1, 0.15) is 23.0 Å². The van der Waals surface area contributed by atoms with Crippen molar-refractivity contribution in [1.29, 1.82) is 0 Å². The molecule has 1 atom stereocenters. The molecule has 8 nitrogen and oxygen atoms in total. The molecule has 1 aromatic heterocycles. The van der Waals surface area contributed by atoms with E-state index in [4.69, 9.17) is 9.15 Å². The first-order chi connectivity index (χ1) is 15.3. The number of furan rings is 1. The molecule has 174 valence electrons. The standard InChI is InChI=1S/C22H27F2N3O5/c1-15(25(2)14-16-6-7-17(30-3)19(13-16)32-22(23)24)20(28)26-8-10-27(11-9-26)21(29)18-5-4-12-31-18/h4-7,12-13,15,22H,8-11,14H2,1-3H3. The molecule has 0 N–H and O–H groups in total. The van der Waals surface area contributed by atoms with E-state index < -0.39 is 12.7 Å². The number of rotatable bonds is 8. The van der Waals surface area contributed by atoms with Crippen LogP contribution in [-0.2, 0) is 11.3 Å². The second-order valence-electron chi connectivity index (χ2n) is 7.55. The Morgan fingerprint density at radius 2 is 1.81 bits per heavy atom. The molecule has 1 aliphatic rings. The third kappa shape index (κ3) is 5.56. The molecule has 2 aromatic rings. The van der Waals surface area contributed by atoms with Gasteiger partial charge in [0.15, 0.2) is 17.3 Å². The molecule has 2 heterocycles. The molecule has 1 unspecified atom stereocenters. The SMILES string of the molecule is COc1ccc(CN(C)C(C)C(=O)N2CCN(C(=O)c3ccco3)CC2)cc1OC(F)F. The van der Waals surface area contributed by atoms with Crippen molar-refractivity contribution >= 4 is 11.8 Å². The van der Waals surface area contributed by atoms with Crippen LogP contribution in [-0.4, -0.2) is 79.5 Å². The van der Waals surface area contributed by atoms with Crippen LogP contribution in [0.25, 0.3) is 0 Å². The first-order valence-corrected chi connectivity index (χ1v) is 10.2. The lowest BCUT2D eigenvalue weighted by atomic mass is 10.1. The summed E-state index contributed by atoms with van der Waals surface area (Å²) < 4.78 is 40.1. The van der Waals surface area contributed by atoms with Crippen LogP contribution in [0.2, 0.25) is 0 Å². The summed E-state index contributed by atoms with van der Waals surface area (Å²) in [5.74, 6) is 0.198. The molecule has 0 bridgehead atoms. The molecule has 1 aliphatic heterocycles. The minimum absolute atomic E-state index is 0.0512. The van der Waals surface area contributed by atoms with Gasteiger partial charge in [0.05, 0.1) is 19.4 Å². The summed E-state index contributed by atoms with van der Waals surface area (Å²) in [6, 6.07) is 7.62. The molecule has 1 saturated heterocycles. The molecule has 32 heavy (non-hydrogen) atoms. The monoisotopic (exact) mass is 451 g/mol. The van der Waals surface area contributed by atoms with Crippen molar-refractivity contribution in [3.05, 3.63) is 47.9 Å². The quantitative estimate of drug-likeness (QED) is 0.615. The van der Waals surface area contributed by atoms with Gasteiger partial charge in [-0.2, -0.15) is 8.78 Å². The van der Waals surface area contributed by atoms with Crippen molar-refractivity contribution in [2.24, 2.45) is 0 Å². The largest absolute Gasteiger partial charge is 0.493 e. The van der Waals surface area contributed by atoms with Crippen LogP contribution in [0.15, 0.2) is 41.0 Å². The van der Waals surface area contributed by atoms with Gasteiger partial charge in [-0.25, -0.2) is 0 Å². The zero-order valence-electron chi connectivity index (χ0n) is 18.3. The minimum atomic E-state index is -2.96. The van der Waals surface area contributed by atoms with Gasteiger partial charge >= 0.3 is 6.61 Å². The Balaban J connectivity index is 1.56. The summed E-state index contributed by atoms with van der Waals surface area (Å²) in [4.78, 5) is 30.6. The molecule has 3 rings (SSSR count). The molecule has 1 aromatic carbocycles. The number of carbonyl (C=O) groups excluding carboxylic acids is 2. The number of carbonyl (C=O) groups is 2. The number of methoxy groups -OCH3 is 1. The van der Waals surface area contributed by atoms with Crippen LogP contribution in [0, 0.1) is 0 Å². The van der Waals surface area contributed by atoms with Gasteiger partial charge in [-0.3, -0.25) is 14.5 Å². The number of hydrogen-bond acceptors (Lipinski definition) is 6. The van der Waals surface area contributed by atoms with Gasteiger partial charge in [-0.05, 0) is 43.8 Å². The summed E-state index contributed by atoms with van der Waals surface area (Å²) in [5, 5.41) is 0. The van der Waals surface area contributed by atoms with E-state index in [0.717, 1.165) is 0 Å². The third-order valence-corrected chi connectivity index (χ3v) is 5.51. The van der Waals surface area contributed by atoms with Crippen molar-refractivity contribution < 1.29 is 32.3 Å². The first-order valence-electron chi connectivity index (χ1n) is 10.2. The van der Waals surface area contributed by atoms with E-state index in [2.05, 4.69) is 4.74 Å². The predicted molar refractivity (Wildman–Crippen MR) is 112 cm³/mol. The Bertz CT molecular complexity index is 914. The first kappa shape index (κ1) is 23.5. The van der Waals surface area contributed by atoms with Crippen LogP contribution >= 0.6 is 0 Å². The number of benzene rings is 1. The Hall–Kier alpha value is -3.14. The van der Waals surface area contributed by atoms with E-state index >= 15 is 0 Å². The fourth-order valence-corrected chi connectivity index (χ4v) is 3.57. The van der Waals surface area contributed by atoms with Gasteiger partial charge in [0.25, 0.3) is 5.91 Å². The van der Waals surface area contributed by atoms with E-state index in [1.54, 1.807) is 48.0 Å². The zero-order valence-corrected chi connectivity index (χ0v) is 18.3. The maximum absolute atomic E-state index is 13.0. The van der Waals surface area contributed by atoms with Crippen LogP contribution < -0.4 is 9.47 Å². The number of halogens is 2. The van der Waals surface area contributed by atoms with Crippen molar-refractivity contribution in [1.82, 2.24) is 14.7 Å². The summed E-state index contributed by atoms with van der Waals surface area (Å²) in [6.07, 6.45) is 1.45. The Kier molecular flexibility index (Phi) is 7.68. The van der Waals surface area contributed by atoms with Gasteiger partial charge in [0.1, 0.15) is 0 Å². The van der Waals surface area contributed by atoms with Gasteiger partial charge in [0.2, 0.25) is 5.91 Å². The third-order valence-electron chi connectivity index (χ3n) is 5.51. The number of alkyl halides is 2. The minimum Gasteiger partial charge on any atom is -0.493 e. The summed E-state index contributed by atoms with van der Waals surface area (Å²) in [6.45, 7) is 0.895. The fourth-order valence-electron chi connectivity index (χ4n) is 3.57. The highest BCUT2D eigenvalue weighted by atomic mass is 19.3. The molecule has 0 spiro atoms. The van der Waals surface area contributed by atoms with Crippen molar-refractivity contribution in [2.45, 2.75) is 26.1 Å². The Morgan fingerprint density at radius 1 is 1.12 bits per heavy atom. The van der Waals surface area contributed by atoms with Gasteiger partial charge in [-0.1, -0.05) is 6.07 Å². The molecular formula is C22H27F2N3O5. The second kappa shape index (κ2) is 10.4. The molecule has 2 amide bonds. The summed E-state index contributed by atoms with van der Waals surface area (Å²) >= 11 is 0. The number of hydrogen-bond donors (Lipinski definition) is 0. The van der Waals surface area contributed by atoms with Gasteiger partial charge in [0, 0.05) is 32.7 Å². The lowest BCUT2D eigenvalue weighted by Crippen LogP contribution is -2.54. The second-order valence-corrected chi connectivity index (χ2v) is 7.55. The van der Waals surface area contributed by atoms with E-state index in [-0.39, 0.29) is 29.1 Å². The number of amides is 2. The highest BCUT2D eigenvalue weighted by molar-refractivity contribution is 5.91. The molecule has 1 fully saturated rings. The molecule has 0 aliphatic carbocycles. The van der Waals surface area contributed by atoms with E-state index in [9.17, 15) is 18.4 Å². The number of piperazine rings is 1. The zero-order chi connectivity index (χ0) is 23.3. The Labute approximate surface area is 185 Å². The molecule has 0 radical (unpaired) electrons. The Morgan fingerprint density at radius 3 is 2.41 bits per heavy atom. The van der Waals surface area contributed by atoms with Crippen LogP contribution in [0.4, 0.5) is 8.78 Å². The lowest BCUT2D eigenvalue weighted by molar-refractivity contribution is -0.137. The fraction of sp³-hybridized carbons (Fsp3) is 0.455. The van der Waals surface area contributed by atoms with Crippen molar-refractivity contribution in [2.75, 3.05) is 40.3 Å². The number of likely N-dealkylation sites (N-methyl/N-ethyl adjacent to an activating group) is 1. The van der Waals surface area contributed by atoms with E-state index in [1.165, 1.54) is 19.4 Å². The van der Waals surface area contributed by atoms with Crippen LogP contribution in [0.5, 0.6) is 11.5 Å². The van der Waals surface area contributed by atoms with Crippen LogP contribution in [0.3, 0.4) is 0 Å². The van der Waals surface area contributed by atoms with Gasteiger partial charge < -0.3 is 23.7 Å². The molecule has 10 heteroatoms. The molecular weight excluding hydrogens is 424 g/mol. The lowest BCUT2D eigenvalue weighted by Gasteiger charge is -2.37. The van der Waals surface area contributed by atoms with Crippen molar-refractivity contribution in [3.63, 3.8) is 0 Å². The molecule has 0 saturated carbocycles.